The van der Waals surface area contributed by atoms with Crippen LogP contribution in [0.25, 0.3) is 27.8 Å². The van der Waals surface area contributed by atoms with Crippen molar-refractivity contribution in [3.05, 3.63) is 144 Å². The van der Waals surface area contributed by atoms with Crippen molar-refractivity contribution < 1.29 is 9.47 Å². The van der Waals surface area contributed by atoms with Gasteiger partial charge in [-0.05, 0) is 89.7 Å². The summed E-state index contributed by atoms with van der Waals surface area (Å²) < 4.78 is 13.8. The molecule has 0 saturated carbocycles. The quantitative estimate of drug-likeness (QED) is 0.212. The minimum Gasteiger partial charge on any atom is -0.486 e. The van der Waals surface area contributed by atoms with Gasteiger partial charge in [0.15, 0.2) is 0 Å². The first-order chi connectivity index (χ1) is 20.6. The fourth-order valence-electron chi connectivity index (χ4n) is 6.42. The first-order valence-electron chi connectivity index (χ1n) is 14.8. The third-order valence-electron chi connectivity index (χ3n) is 8.62. The molecule has 3 heteroatoms. The van der Waals surface area contributed by atoms with Crippen LogP contribution in [0, 0.1) is 13.8 Å². The van der Waals surface area contributed by atoms with E-state index in [9.17, 15) is 0 Å². The second kappa shape index (κ2) is 10.9. The molecule has 5 aromatic rings. The maximum absolute atomic E-state index is 7.13. The molecule has 0 aromatic heterocycles. The van der Waals surface area contributed by atoms with Crippen LogP contribution in [0.1, 0.15) is 23.6 Å². The van der Waals surface area contributed by atoms with Gasteiger partial charge in [0, 0.05) is 11.0 Å². The molecule has 5 aromatic carbocycles. The van der Waals surface area contributed by atoms with Gasteiger partial charge in [0.1, 0.15) is 23.4 Å². The highest BCUT2D eigenvalue weighted by Crippen LogP contribution is 2.40. The van der Waals surface area contributed by atoms with Gasteiger partial charge in [0.25, 0.3) is 0 Å². The topological polar surface area (TPSA) is 18.5 Å². The first-order valence-corrected chi connectivity index (χ1v) is 14.8. The lowest BCUT2D eigenvalue weighted by Gasteiger charge is -2.32. The molecular weight excluding hydrogens is 511 g/mol. The Hall–Kier alpha value is -4.76. The van der Waals surface area contributed by atoms with E-state index in [1.165, 1.54) is 44.4 Å². The minimum atomic E-state index is -0.180. The van der Waals surface area contributed by atoms with Crippen LogP contribution in [-0.4, -0.2) is 12.8 Å². The van der Waals surface area contributed by atoms with Crippen molar-refractivity contribution in [2.45, 2.75) is 33.2 Å². The molecule has 1 atom stereocenters. The van der Waals surface area contributed by atoms with Gasteiger partial charge in [-0.1, -0.05) is 109 Å². The SMILES string of the molecule is Cc1ccccc1/C1=C/C=C\CB2c3cc(-c4ccccc4)ccc3Oc3ccc(-c4ccccc4C)c(c32)OC1C. The standard InChI is InChI=1S/C39H33BO2/c1-26-13-7-9-17-31(26)33-19-11-12-24-40-35-25-30(29-15-5-4-6-16-29)20-22-36(35)42-37-23-21-34(32-18-10-8-14-27(32)2)39(38(37)40)41-28(33)3/h4-23,25,28H,24H2,1-3H3/b12-11-,33-19+. The van der Waals surface area contributed by atoms with Gasteiger partial charge in [-0.15, -0.1) is 0 Å². The molecule has 2 nitrogen and oxygen atoms in total. The minimum absolute atomic E-state index is 0.0863. The van der Waals surface area contributed by atoms with Crippen molar-refractivity contribution in [1.29, 1.82) is 0 Å². The van der Waals surface area contributed by atoms with Gasteiger partial charge >= 0.3 is 0 Å². The molecular formula is C39H33BO2. The summed E-state index contributed by atoms with van der Waals surface area (Å²) in [4.78, 5) is 0. The number of allylic oxidation sites excluding steroid dienone is 3. The van der Waals surface area contributed by atoms with Crippen LogP contribution in [0.5, 0.6) is 17.2 Å². The zero-order valence-electron chi connectivity index (χ0n) is 24.3. The highest BCUT2D eigenvalue weighted by molar-refractivity contribution is 6.88. The lowest BCUT2D eigenvalue weighted by Crippen LogP contribution is -2.47. The smallest absolute Gasteiger partial charge is 0.227 e. The lowest BCUT2D eigenvalue weighted by molar-refractivity contribution is 0.281. The highest BCUT2D eigenvalue weighted by atomic mass is 16.5. The molecule has 42 heavy (non-hydrogen) atoms. The van der Waals surface area contributed by atoms with E-state index in [-0.39, 0.29) is 12.8 Å². The van der Waals surface area contributed by atoms with Crippen LogP contribution in [0.15, 0.2) is 127 Å². The van der Waals surface area contributed by atoms with Crippen LogP contribution < -0.4 is 20.4 Å². The monoisotopic (exact) mass is 544 g/mol. The van der Waals surface area contributed by atoms with Crippen LogP contribution in [-0.2, 0) is 0 Å². The molecule has 0 saturated heterocycles. The van der Waals surface area contributed by atoms with Gasteiger partial charge in [-0.3, -0.25) is 0 Å². The van der Waals surface area contributed by atoms with Crippen molar-refractivity contribution in [2.75, 3.05) is 0 Å². The van der Waals surface area contributed by atoms with Crippen LogP contribution in [0.4, 0.5) is 0 Å². The molecule has 1 unspecified atom stereocenters. The van der Waals surface area contributed by atoms with E-state index in [0.29, 0.717) is 0 Å². The number of aryl methyl sites for hydroxylation is 2. The van der Waals surface area contributed by atoms with Gasteiger partial charge in [0.2, 0.25) is 6.71 Å². The Labute approximate surface area is 249 Å². The Morgan fingerprint density at radius 1 is 0.667 bits per heavy atom. The average Bonchev–Trinajstić information content (AvgIpc) is 3.02. The van der Waals surface area contributed by atoms with Crippen molar-refractivity contribution in [3.63, 3.8) is 0 Å². The molecule has 0 bridgehead atoms. The fourth-order valence-corrected chi connectivity index (χ4v) is 6.42. The number of rotatable bonds is 3. The summed E-state index contributed by atoms with van der Waals surface area (Å²) in [5.74, 6) is 2.69. The summed E-state index contributed by atoms with van der Waals surface area (Å²) in [5, 5.41) is 0. The summed E-state index contributed by atoms with van der Waals surface area (Å²) in [6, 6.07) is 38.6. The number of fused-ring (bicyclic) bond motifs is 2. The molecule has 2 aliphatic heterocycles. The highest BCUT2D eigenvalue weighted by Gasteiger charge is 2.36. The molecule has 204 valence electrons. The molecule has 0 fully saturated rings. The Bertz CT molecular complexity index is 1850. The number of hydrogen-bond donors (Lipinski definition) is 0. The largest absolute Gasteiger partial charge is 0.486 e. The van der Waals surface area contributed by atoms with Gasteiger partial charge < -0.3 is 9.47 Å². The number of hydrogen-bond acceptors (Lipinski definition) is 2. The number of benzene rings is 5. The van der Waals surface area contributed by atoms with E-state index in [1.807, 2.05) is 0 Å². The maximum Gasteiger partial charge on any atom is 0.227 e. The Balaban J connectivity index is 1.45. The van der Waals surface area contributed by atoms with Gasteiger partial charge in [-0.25, -0.2) is 0 Å². The molecule has 0 aliphatic carbocycles. The normalized spacial score (nSPS) is 17.5. The van der Waals surface area contributed by atoms with Gasteiger partial charge in [0.05, 0.1) is 0 Å². The fraction of sp³-hybridized carbons (Fsp3) is 0.128. The van der Waals surface area contributed by atoms with E-state index < -0.39 is 0 Å². The molecule has 0 spiro atoms. The van der Waals surface area contributed by atoms with Crippen LogP contribution in [0.2, 0.25) is 6.32 Å². The summed E-state index contributed by atoms with van der Waals surface area (Å²) >= 11 is 0. The zero-order chi connectivity index (χ0) is 28.6. The molecule has 0 N–H and O–H groups in total. The second-order valence-electron chi connectivity index (χ2n) is 11.3. The predicted molar refractivity (Wildman–Crippen MR) is 177 cm³/mol. The Morgan fingerprint density at radius 3 is 2.12 bits per heavy atom. The van der Waals surface area contributed by atoms with E-state index in [4.69, 9.17) is 9.47 Å². The second-order valence-corrected chi connectivity index (χ2v) is 11.3. The molecule has 0 amide bonds. The van der Waals surface area contributed by atoms with Crippen molar-refractivity contribution in [2.24, 2.45) is 0 Å². The van der Waals surface area contributed by atoms with Crippen molar-refractivity contribution in [3.8, 4) is 39.5 Å². The lowest BCUT2D eigenvalue weighted by atomic mass is 9.37. The molecule has 2 aliphatic rings. The van der Waals surface area contributed by atoms with E-state index >= 15 is 0 Å². The van der Waals surface area contributed by atoms with E-state index in [0.717, 1.165) is 34.6 Å². The first kappa shape index (κ1) is 26.2. The third kappa shape index (κ3) is 4.65. The van der Waals surface area contributed by atoms with Crippen molar-refractivity contribution >= 4 is 23.2 Å². The van der Waals surface area contributed by atoms with Crippen LogP contribution in [0.3, 0.4) is 0 Å². The summed E-state index contributed by atoms with van der Waals surface area (Å²) in [5.41, 5.74) is 11.8. The maximum atomic E-state index is 7.13. The molecule has 2 heterocycles. The van der Waals surface area contributed by atoms with Gasteiger partial charge in [-0.2, -0.15) is 0 Å². The summed E-state index contributed by atoms with van der Waals surface area (Å²) in [6.07, 6.45) is 7.39. The zero-order valence-corrected chi connectivity index (χ0v) is 24.3. The molecule has 0 radical (unpaired) electrons. The van der Waals surface area contributed by atoms with E-state index in [2.05, 4.69) is 148 Å². The third-order valence-corrected chi connectivity index (χ3v) is 8.62. The van der Waals surface area contributed by atoms with Crippen LogP contribution >= 0.6 is 0 Å². The predicted octanol–water partition coefficient (Wildman–Crippen LogP) is 8.77. The molecule has 7 rings (SSSR count). The van der Waals surface area contributed by atoms with E-state index in [1.54, 1.807) is 0 Å². The summed E-state index contributed by atoms with van der Waals surface area (Å²) in [6.45, 7) is 6.58. The summed E-state index contributed by atoms with van der Waals surface area (Å²) in [7, 11) is 0. The Kier molecular flexibility index (Phi) is 6.80. The number of ether oxygens (including phenoxy) is 2. The average molecular weight is 545 g/mol. The van der Waals surface area contributed by atoms with Crippen molar-refractivity contribution in [1.82, 2.24) is 0 Å². The Morgan fingerprint density at radius 2 is 1.36 bits per heavy atom.